The maximum atomic E-state index is 12.6. The summed E-state index contributed by atoms with van der Waals surface area (Å²) in [5, 5.41) is 5.67. The predicted octanol–water partition coefficient (Wildman–Crippen LogP) is 3.83. The molecule has 0 aromatic heterocycles. The second-order valence-corrected chi connectivity index (χ2v) is 6.22. The fraction of sp³-hybridized carbons (Fsp3) is 0.0625. The molecule has 0 radical (unpaired) electrons. The first-order valence-corrected chi connectivity index (χ1v) is 8.04. The number of rotatable bonds is 2. The van der Waals surface area contributed by atoms with Gasteiger partial charge in [0.15, 0.2) is 5.11 Å². The Balaban J connectivity index is 1.89. The van der Waals surface area contributed by atoms with E-state index >= 15 is 0 Å². The minimum Gasteiger partial charge on any atom is -0.331 e. The van der Waals surface area contributed by atoms with E-state index in [-0.39, 0.29) is 26.3 Å². The van der Waals surface area contributed by atoms with Crippen LogP contribution < -0.4 is 5.32 Å². The Morgan fingerprint density at radius 2 is 1.50 bits per heavy atom. The van der Waals surface area contributed by atoms with E-state index in [2.05, 4.69) is 5.32 Å². The van der Waals surface area contributed by atoms with Gasteiger partial charge in [-0.2, -0.15) is 5.01 Å². The Morgan fingerprint density at radius 3 is 2.00 bits per heavy atom. The molecule has 8 heteroatoms. The number of anilines is 1. The van der Waals surface area contributed by atoms with Crippen LogP contribution in [0.4, 0.5) is 5.69 Å². The molecule has 3 rings (SSSR count). The first-order chi connectivity index (χ1) is 11.4. The topological polar surface area (TPSA) is 52.6 Å². The predicted molar refractivity (Wildman–Crippen MR) is 97.4 cm³/mol. The number of nitrogens with zero attached hydrogens (tertiary/aromatic N) is 2. The van der Waals surface area contributed by atoms with Crippen LogP contribution in [0, 0.1) is 0 Å². The molecule has 2 aromatic rings. The highest BCUT2D eigenvalue weighted by atomic mass is 35.5. The number of carbonyl (C=O) groups is 2. The smallest absolute Gasteiger partial charge is 0.282 e. The van der Waals surface area contributed by atoms with Crippen LogP contribution in [0.1, 0.15) is 20.7 Å². The average Bonchev–Trinajstić information content (AvgIpc) is 2.83. The number of amides is 2. The summed E-state index contributed by atoms with van der Waals surface area (Å²) in [5.74, 6) is -1.13. The highest BCUT2D eigenvalue weighted by molar-refractivity contribution is 7.80. The quantitative estimate of drug-likeness (QED) is 0.634. The summed E-state index contributed by atoms with van der Waals surface area (Å²) in [6.45, 7) is 0. The van der Waals surface area contributed by atoms with Gasteiger partial charge in [0.2, 0.25) is 0 Å². The third-order valence-corrected chi connectivity index (χ3v) is 4.53. The number of hydrogen-bond acceptors (Lipinski definition) is 3. The van der Waals surface area contributed by atoms with Crippen molar-refractivity contribution in [1.29, 1.82) is 0 Å². The van der Waals surface area contributed by atoms with Gasteiger partial charge in [0.25, 0.3) is 11.8 Å². The molecule has 1 N–H and O–H groups in total. The van der Waals surface area contributed by atoms with Crippen LogP contribution in [0.3, 0.4) is 0 Å². The molecular weight excluding hydrogens is 369 g/mol. The molecule has 2 aromatic carbocycles. The van der Waals surface area contributed by atoms with Crippen LogP contribution in [0.2, 0.25) is 10.0 Å². The Morgan fingerprint density at radius 1 is 1.00 bits per heavy atom. The number of para-hydroxylation sites is 1. The van der Waals surface area contributed by atoms with Gasteiger partial charge in [-0.1, -0.05) is 41.4 Å². The maximum absolute atomic E-state index is 12.6. The van der Waals surface area contributed by atoms with Gasteiger partial charge in [-0.15, -0.1) is 0 Å². The van der Waals surface area contributed by atoms with Crippen molar-refractivity contribution in [3.8, 4) is 0 Å². The van der Waals surface area contributed by atoms with E-state index in [4.69, 9.17) is 35.4 Å². The van der Waals surface area contributed by atoms with Crippen LogP contribution in [-0.4, -0.2) is 34.0 Å². The van der Waals surface area contributed by atoms with E-state index in [1.807, 2.05) is 30.3 Å². The van der Waals surface area contributed by atoms with E-state index in [1.165, 1.54) is 24.2 Å². The number of fused-ring (bicyclic) bond motifs is 1. The van der Waals surface area contributed by atoms with Crippen molar-refractivity contribution in [2.75, 3.05) is 12.4 Å². The summed E-state index contributed by atoms with van der Waals surface area (Å²) >= 11 is 17.4. The van der Waals surface area contributed by atoms with Gasteiger partial charge in [-0.3, -0.25) is 14.6 Å². The van der Waals surface area contributed by atoms with E-state index < -0.39 is 11.8 Å². The number of hydrogen-bond donors (Lipinski definition) is 1. The normalized spacial score (nSPS) is 13.0. The highest BCUT2D eigenvalue weighted by Gasteiger charge is 2.42. The SMILES string of the molecule is CN(C(=S)Nc1ccccc1)N1C(=O)c2c(Cl)ccc(Cl)c2C1=O. The molecule has 0 aliphatic carbocycles. The van der Waals surface area contributed by atoms with Crippen molar-refractivity contribution in [3.63, 3.8) is 0 Å². The van der Waals surface area contributed by atoms with E-state index in [1.54, 1.807) is 0 Å². The van der Waals surface area contributed by atoms with Gasteiger partial charge in [0, 0.05) is 12.7 Å². The standard InChI is InChI=1S/C16H11Cl2N3O2S/c1-20(16(24)19-9-5-3-2-4-6-9)21-14(22)12-10(17)7-8-11(18)13(12)15(21)23/h2-8H,1H3,(H,19,24). The van der Waals surface area contributed by atoms with E-state index in [0.29, 0.717) is 0 Å². The van der Waals surface area contributed by atoms with E-state index in [0.717, 1.165) is 10.7 Å². The number of benzene rings is 2. The zero-order chi connectivity index (χ0) is 17.4. The van der Waals surface area contributed by atoms with Crippen LogP contribution in [-0.2, 0) is 0 Å². The van der Waals surface area contributed by atoms with Crippen LogP contribution in [0.15, 0.2) is 42.5 Å². The van der Waals surface area contributed by atoms with Crippen molar-refractivity contribution in [3.05, 3.63) is 63.6 Å². The largest absolute Gasteiger partial charge is 0.331 e. The number of halogens is 2. The van der Waals surface area contributed by atoms with Crippen molar-refractivity contribution >= 4 is 58.0 Å². The Kier molecular flexibility index (Phi) is 4.45. The minimum atomic E-state index is -0.567. The number of thiocarbonyl (C=S) groups is 1. The Bertz CT molecular complexity index is 817. The Hall–Kier alpha value is -2.15. The molecule has 0 bridgehead atoms. The maximum Gasteiger partial charge on any atom is 0.282 e. The summed E-state index contributed by atoms with van der Waals surface area (Å²) in [6.07, 6.45) is 0. The molecule has 122 valence electrons. The molecule has 0 saturated heterocycles. The molecule has 0 fully saturated rings. The average molecular weight is 380 g/mol. The van der Waals surface area contributed by atoms with E-state index in [9.17, 15) is 9.59 Å². The van der Waals surface area contributed by atoms with Gasteiger partial charge in [0.05, 0.1) is 21.2 Å². The van der Waals surface area contributed by atoms with Crippen molar-refractivity contribution in [2.24, 2.45) is 0 Å². The molecular formula is C16H11Cl2N3O2S. The molecule has 0 unspecified atom stereocenters. The summed E-state index contributed by atoms with van der Waals surface area (Å²) in [4.78, 5) is 25.2. The fourth-order valence-corrected chi connectivity index (χ4v) is 3.04. The number of carbonyl (C=O) groups excluding carboxylic acids is 2. The molecule has 0 atom stereocenters. The lowest BCUT2D eigenvalue weighted by molar-refractivity contribution is 0.0367. The molecule has 5 nitrogen and oxygen atoms in total. The van der Waals surface area contributed by atoms with Crippen LogP contribution >= 0.6 is 35.4 Å². The number of hydrazine groups is 1. The summed E-state index contributed by atoms with van der Waals surface area (Å²) in [7, 11) is 1.52. The lowest BCUT2D eigenvalue weighted by Gasteiger charge is -2.28. The molecule has 1 aliphatic heterocycles. The zero-order valence-corrected chi connectivity index (χ0v) is 14.7. The molecule has 24 heavy (non-hydrogen) atoms. The van der Waals surface area contributed by atoms with Gasteiger partial charge >= 0.3 is 0 Å². The number of imide groups is 1. The summed E-state index contributed by atoms with van der Waals surface area (Å²) in [5.41, 5.74) is 0.911. The molecule has 0 saturated carbocycles. The molecule has 2 amide bonds. The summed E-state index contributed by atoms with van der Waals surface area (Å²) in [6, 6.07) is 12.1. The van der Waals surface area contributed by atoms with Gasteiger partial charge in [-0.25, -0.2) is 0 Å². The van der Waals surface area contributed by atoms with Gasteiger partial charge < -0.3 is 5.32 Å². The second-order valence-electron chi connectivity index (χ2n) is 5.02. The lowest BCUT2D eigenvalue weighted by atomic mass is 10.1. The van der Waals surface area contributed by atoms with Gasteiger partial charge in [0.1, 0.15) is 0 Å². The molecule has 0 spiro atoms. The zero-order valence-electron chi connectivity index (χ0n) is 12.4. The second kappa shape index (κ2) is 6.39. The van der Waals surface area contributed by atoms with Crippen LogP contribution in [0.25, 0.3) is 0 Å². The summed E-state index contributed by atoms with van der Waals surface area (Å²) < 4.78 is 0. The van der Waals surface area contributed by atoms with Gasteiger partial charge in [-0.05, 0) is 36.5 Å². The fourth-order valence-electron chi connectivity index (χ4n) is 2.36. The monoisotopic (exact) mass is 379 g/mol. The van der Waals surface area contributed by atoms with Crippen molar-refractivity contribution in [1.82, 2.24) is 10.0 Å². The van der Waals surface area contributed by atoms with Crippen molar-refractivity contribution < 1.29 is 9.59 Å². The lowest BCUT2D eigenvalue weighted by Crippen LogP contribution is -2.48. The van der Waals surface area contributed by atoms with Crippen LogP contribution in [0.5, 0.6) is 0 Å². The number of nitrogens with one attached hydrogen (secondary N) is 1. The molecule has 1 aliphatic rings. The third-order valence-electron chi connectivity index (χ3n) is 3.54. The first-order valence-electron chi connectivity index (χ1n) is 6.88. The highest BCUT2D eigenvalue weighted by Crippen LogP contribution is 2.34. The Labute approximate surface area is 153 Å². The first kappa shape index (κ1) is 16.7. The third kappa shape index (κ3) is 2.73. The van der Waals surface area contributed by atoms with Crippen molar-refractivity contribution in [2.45, 2.75) is 0 Å². The molecule has 1 heterocycles. The minimum absolute atomic E-state index is 0.0866.